The topological polar surface area (TPSA) is 55.4 Å². The van der Waals surface area contributed by atoms with E-state index in [2.05, 4.69) is 4.74 Å². The molecule has 0 saturated heterocycles. The van der Waals surface area contributed by atoms with Crippen molar-refractivity contribution in [2.75, 3.05) is 11.3 Å². The lowest BCUT2D eigenvalue weighted by Crippen LogP contribution is -2.20. The summed E-state index contributed by atoms with van der Waals surface area (Å²) in [6.45, 7) is -1.68. The van der Waals surface area contributed by atoms with Crippen LogP contribution in [0.15, 0.2) is 47.4 Å². The molecule has 0 unspecified atom stereocenters. The van der Waals surface area contributed by atoms with Gasteiger partial charge in [-0.15, -0.1) is 0 Å². The molecule has 0 spiro atoms. The van der Waals surface area contributed by atoms with Crippen LogP contribution in [0.4, 0.5) is 27.6 Å². The molecule has 0 aliphatic rings. The molecule has 2 rings (SSSR count). The Morgan fingerprint density at radius 3 is 2.12 bits per heavy atom. The second-order valence-electron chi connectivity index (χ2n) is 4.60. The molecule has 0 radical (unpaired) electrons. The molecule has 0 saturated carbocycles. The summed E-state index contributed by atoms with van der Waals surface area (Å²) in [5, 5.41) is 0. The molecule has 0 bridgehead atoms. The first-order valence-electron chi connectivity index (χ1n) is 6.34. The minimum atomic E-state index is -4.65. The normalized spacial score (nSPS) is 12.0. The van der Waals surface area contributed by atoms with Gasteiger partial charge in [-0.1, -0.05) is 0 Å². The first-order chi connectivity index (χ1) is 11.1. The molecular weight excluding hydrogens is 357 g/mol. The van der Waals surface area contributed by atoms with Crippen molar-refractivity contribution in [1.82, 2.24) is 0 Å². The third kappa shape index (κ3) is 4.82. The van der Waals surface area contributed by atoms with Crippen LogP contribution in [0.5, 0.6) is 5.75 Å². The Morgan fingerprint density at radius 2 is 1.54 bits per heavy atom. The number of rotatable bonds is 5. The van der Waals surface area contributed by atoms with Crippen molar-refractivity contribution >= 4 is 15.7 Å². The van der Waals surface area contributed by atoms with Gasteiger partial charge in [-0.3, -0.25) is 4.72 Å². The maximum atomic E-state index is 13.3. The van der Waals surface area contributed by atoms with E-state index in [0.29, 0.717) is 6.07 Å². The van der Waals surface area contributed by atoms with E-state index >= 15 is 0 Å². The zero-order valence-electron chi connectivity index (χ0n) is 11.8. The van der Waals surface area contributed by atoms with Gasteiger partial charge in [0.1, 0.15) is 17.4 Å². The minimum absolute atomic E-state index is 0.352. The second kappa shape index (κ2) is 6.63. The van der Waals surface area contributed by atoms with Gasteiger partial charge in [0.15, 0.2) is 6.61 Å². The largest absolute Gasteiger partial charge is 0.482 e. The highest BCUT2D eigenvalue weighted by Crippen LogP contribution is 2.29. The van der Waals surface area contributed by atoms with Gasteiger partial charge in [-0.05, 0) is 36.4 Å². The average molecular weight is 367 g/mol. The molecule has 2 aromatic rings. The van der Waals surface area contributed by atoms with Crippen molar-refractivity contribution in [3.8, 4) is 5.75 Å². The third-order valence-electron chi connectivity index (χ3n) is 2.70. The van der Waals surface area contributed by atoms with Crippen LogP contribution < -0.4 is 9.46 Å². The van der Waals surface area contributed by atoms with Crippen molar-refractivity contribution in [3.05, 3.63) is 54.1 Å². The van der Waals surface area contributed by atoms with Gasteiger partial charge in [-0.2, -0.15) is 13.2 Å². The Labute approximate surface area is 133 Å². The van der Waals surface area contributed by atoms with Gasteiger partial charge in [0.25, 0.3) is 10.0 Å². The predicted octanol–water partition coefficient (Wildman–Crippen LogP) is 3.71. The van der Waals surface area contributed by atoms with Crippen LogP contribution in [0.2, 0.25) is 0 Å². The van der Waals surface area contributed by atoms with Crippen molar-refractivity contribution in [1.29, 1.82) is 0 Å². The van der Waals surface area contributed by atoms with Crippen LogP contribution in [0, 0.1) is 11.6 Å². The van der Waals surface area contributed by atoms with E-state index < -0.39 is 45.9 Å². The molecule has 0 aliphatic carbocycles. The fraction of sp³-hybridized carbons (Fsp3) is 0.143. The fourth-order valence-electron chi connectivity index (χ4n) is 1.68. The van der Waals surface area contributed by atoms with Crippen LogP contribution in [0.3, 0.4) is 0 Å². The number of alkyl halides is 3. The van der Waals surface area contributed by atoms with E-state index in [1.807, 2.05) is 4.72 Å². The molecular formula is C14H10F5NO3S. The van der Waals surface area contributed by atoms with E-state index in [1.165, 1.54) is 0 Å². The fourth-order valence-corrected chi connectivity index (χ4v) is 2.75. The molecule has 10 heteroatoms. The lowest BCUT2D eigenvalue weighted by atomic mass is 10.3. The quantitative estimate of drug-likeness (QED) is 0.820. The molecule has 24 heavy (non-hydrogen) atoms. The highest BCUT2D eigenvalue weighted by Gasteiger charge is 2.29. The molecule has 0 heterocycles. The lowest BCUT2D eigenvalue weighted by Gasteiger charge is -2.15. The standard InChI is InChI=1S/C14H10F5NO3S/c15-9-1-4-11(5-2-9)24(21,22)20-12-7-10(16)3-6-13(12)23-8-14(17,18)19/h1-7,20H,8H2. The van der Waals surface area contributed by atoms with E-state index in [1.54, 1.807) is 0 Å². The molecule has 0 aromatic heterocycles. The number of sulfonamides is 1. The van der Waals surface area contributed by atoms with Crippen LogP contribution in [-0.2, 0) is 10.0 Å². The molecule has 0 aliphatic heterocycles. The molecule has 130 valence electrons. The number of hydrogen-bond acceptors (Lipinski definition) is 3. The SMILES string of the molecule is O=S(=O)(Nc1cc(F)ccc1OCC(F)(F)F)c1ccc(F)cc1. The average Bonchev–Trinajstić information content (AvgIpc) is 2.45. The number of halogens is 5. The van der Waals surface area contributed by atoms with E-state index in [0.717, 1.165) is 36.4 Å². The lowest BCUT2D eigenvalue weighted by molar-refractivity contribution is -0.153. The number of hydrogen-bond donors (Lipinski definition) is 1. The Balaban J connectivity index is 2.30. The number of nitrogens with one attached hydrogen (secondary N) is 1. The van der Waals surface area contributed by atoms with Gasteiger partial charge in [0.2, 0.25) is 0 Å². The second-order valence-corrected chi connectivity index (χ2v) is 6.29. The molecule has 1 N–H and O–H groups in total. The van der Waals surface area contributed by atoms with Crippen molar-refractivity contribution < 1.29 is 35.1 Å². The maximum absolute atomic E-state index is 13.3. The summed E-state index contributed by atoms with van der Waals surface area (Å²) >= 11 is 0. The first kappa shape index (κ1) is 18.0. The Kier molecular flexibility index (Phi) is 4.97. The number of benzene rings is 2. The van der Waals surface area contributed by atoms with Gasteiger partial charge in [0, 0.05) is 6.07 Å². The van der Waals surface area contributed by atoms with Crippen LogP contribution in [-0.4, -0.2) is 21.2 Å². The van der Waals surface area contributed by atoms with Gasteiger partial charge in [0.05, 0.1) is 10.6 Å². The molecule has 2 aromatic carbocycles. The van der Waals surface area contributed by atoms with Crippen LogP contribution >= 0.6 is 0 Å². The summed E-state index contributed by atoms with van der Waals surface area (Å²) in [4.78, 5) is -0.352. The Morgan fingerprint density at radius 1 is 0.958 bits per heavy atom. The van der Waals surface area contributed by atoms with Gasteiger partial charge < -0.3 is 4.74 Å². The molecule has 0 fully saturated rings. The first-order valence-corrected chi connectivity index (χ1v) is 7.83. The predicted molar refractivity (Wildman–Crippen MR) is 75.2 cm³/mol. The smallest absolute Gasteiger partial charge is 0.422 e. The summed E-state index contributed by atoms with van der Waals surface area (Å²) < 4.78 is 93.5. The van der Waals surface area contributed by atoms with E-state index in [9.17, 15) is 30.4 Å². The number of ether oxygens (including phenoxy) is 1. The zero-order valence-corrected chi connectivity index (χ0v) is 12.6. The van der Waals surface area contributed by atoms with E-state index in [4.69, 9.17) is 0 Å². The van der Waals surface area contributed by atoms with Crippen LogP contribution in [0.1, 0.15) is 0 Å². The summed E-state index contributed by atoms with van der Waals surface area (Å²) in [7, 11) is -4.27. The number of anilines is 1. The summed E-state index contributed by atoms with van der Waals surface area (Å²) in [6, 6.07) is 6.04. The van der Waals surface area contributed by atoms with Crippen molar-refractivity contribution in [2.24, 2.45) is 0 Å². The zero-order chi connectivity index (χ0) is 18.0. The summed E-state index contributed by atoms with van der Waals surface area (Å²) in [6.07, 6.45) is -4.65. The maximum Gasteiger partial charge on any atom is 0.422 e. The van der Waals surface area contributed by atoms with Crippen molar-refractivity contribution in [2.45, 2.75) is 11.1 Å². The summed E-state index contributed by atoms with van der Waals surface area (Å²) in [5.41, 5.74) is -0.511. The Hall–Kier alpha value is -2.36. The highest BCUT2D eigenvalue weighted by atomic mass is 32.2. The third-order valence-corrected chi connectivity index (χ3v) is 4.08. The molecule has 0 atom stereocenters. The minimum Gasteiger partial charge on any atom is -0.482 e. The van der Waals surface area contributed by atoms with Crippen LogP contribution in [0.25, 0.3) is 0 Å². The van der Waals surface area contributed by atoms with Gasteiger partial charge >= 0.3 is 6.18 Å². The summed E-state index contributed by atoms with van der Waals surface area (Å²) in [5.74, 6) is -2.06. The molecule has 0 amide bonds. The van der Waals surface area contributed by atoms with E-state index in [-0.39, 0.29) is 4.90 Å². The van der Waals surface area contributed by atoms with Crippen molar-refractivity contribution in [3.63, 3.8) is 0 Å². The van der Waals surface area contributed by atoms with Gasteiger partial charge in [-0.25, -0.2) is 17.2 Å². The monoisotopic (exact) mass is 367 g/mol. The highest BCUT2D eigenvalue weighted by molar-refractivity contribution is 7.92. The molecule has 4 nitrogen and oxygen atoms in total. The Bertz CT molecular complexity index is 819.